The van der Waals surface area contributed by atoms with Crippen molar-refractivity contribution in [3.05, 3.63) is 38.9 Å². The molecule has 3 nitrogen and oxygen atoms in total. The molecule has 1 aromatic rings. The molecule has 0 aromatic heterocycles. The number of primary amides is 1. The summed E-state index contributed by atoms with van der Waals surface area (Å²) in [6.45, 7) is 2.15. The molecule has 0 spiro atoms. The number of allylic oxidation sites excluding steroid dienone is 2. The number of rotatable bonds is 4. The number of amides is 1. The van der Waals surface area contributed by atoms with Crippen LogP contribution >= 0.6 is 23.2 Å². The fourth-order valence-corrected chi connectivity index (χ4v) is 4.64. The standard InChI is InChI=1S/C18H19Cl2NO2/c1-2-4-18-5-3-12(22)8-13(18)15-11(9-18)6-10(7-14(21)23)16(19)17(15)20/h6,8H,2-5,7,9H2,1H3,(H2,21,23). The summed E-state index contributed by atoms with van der Waals surface area (Å²) in [6.07, 6.45) is 6.15. The van der Waals surface area contributed by atoms with Crippen molar-refractivity contribution in [2.75, 3.05) is 0 Å². The summed E-state index contributed by atoms with van der Waals surface area (Å²) in [5.74, 6) is -0.288. The van der Waals surface area contributed by atoms with Gasteiger partial charge in [0.15, 0.2) is 5.78 Å². The summed E-state index contributed by atoms with van der Waals surface area (Å²) in [7, 11) is 0. The smallest absolute Gasteiger partial charge is 0.221 e. The normalized spacial score (nSPS) is 22.6. The second kappa shape index (κ2) is 5.95. The zero-order valence-corrected chi connectivity index (χ0v) is 14.6. The van der Waals surface area contributed by atoms with Crippen LogP contribution in [0.2, 0.25) is 10.0 Å². The maximum atomic E-state index is 12.0. The van der Waals surface area contributed by atoms with Crippen molar-refractivity contribution in [1.82, 2.24) is 0 Å². The molecule has 0 bridgehead atoms. The number of halogens is 2. The molecule has 1 aromatic carbocycles. The van der Waals surface area contributed by atoms with E-state index in [1.165, 1.54) is 0 Å². The van der Waals surface area contributed by atoms with Gasteiger partial charge in [0.25, 0.3) is 0 Å². The van der Waals surface area contributed by atoms with E-state index in [1.54, 1.807) is 6.08 Å². The van der Waals surface area contributed by atoms with Gasteiger partial charge >= 0.3 is 0 Å². The predicted molar refractivity (Wildman–Crippen MR) is 92.6 cm³/mol. The molecule has 122 valence electrons. The van der Waals surface area contributed by atoms with Crippen molar-refractivity contribution in [3.8, 4) is 0 Å². The highest BCUT2D eigenvalue weighted by Gasteiger charge is 2.45. The second-order valence-corrected chi connectivity index (χ2v) is 7.33. The second-order valence-electron chi connectivity index (χ2n) is 6.57. The number of carbonyl (C=O) groups is 2. The van der Waals surface area contributed by atoms with Crippen LogP contribution in [-0.2, 0) is 22.4 Å². The van der Waals surface area contributed by atoms with Gasteiger partial charge in [0.1, 0.15) is 0 Å². The number of fused-ring (bicyclic) bond motifs is 3. The van der Waals surface area contributed by atoms with Crippen LogP contribution in [0.3, 0.4) is 0 Å². The number of hydrogen-bond donors (Lipinski definition) is 1. The lowest BCUT2D eigenvalue weighted by molar-refractivity contribution is -0.117. The maximum Gasteiger partial charge on any atom is 0.221 e. The molecule has 2 N–H and O–H groups in total. The molecule has 1 atom stereocenters. The Labute approximate surface area is 145 Å². The third-order valence-electron chi connectivity index (χ3n) is 4.98. The Morgan fingerprint density at radius 2 is 2.09 bits per heavy atom. The van der Waals surface area contributed by atoms with Gasteiger partial charge in [-0.2, -0.15) is 0 Å². The van der Waals surface area contributed by atoms with Crippen LogP contribution in [0.5, 0.6) is 0 Å². The van der Waals surface area contributed by atoms with Gasteiger partial charge in [-0.05, 0) is 42.0 Å². The fourth-order valence-electron chi connectivity index (χ4n) is 4.08. The van der Waals surface area contributed by atoms with Crippen LogP contribution in [0.15, 0.2) is 12.1 Å². The van der Waals surface area contributed by atoms with Crippen LogP contribution in [0.25, 0.3) is 5.57 Å². The summed E-state index contributed by atoms with van der Waals surface area (Å²) in [5.41, 5.74) is 8.94. The molecule has 0 aliphatic heterocycles. The van der Waals surface area contributed by atoms with Crippen LogP contribution in [0.1, 0.15) is 49.3 Å². The first kappa shape index (κ1) is 16.5. The first-order valence-electron chi connectivity index (χ1n) is 7.91. The van der Waals surface area contributed by atoms with Gasteiger partial charge in [-0.15, -0.1) is 0 Å². The first-order valence-corrected chi connectivity index (χ1v) is 8.67. The molecular weight excluding hydrogens is 333 g/mol. The van der Waals surface area contributed by atoms with E-state index >= 15 is 0 Å². The average molecular weight is 352 g/mol. The minimum atomic E-state index is -0.434. The van der Waals surface area contributed by atoms with Gasteiger partial charge < -0.3 is 5.73 Å². The summed E-state index contributed by atoms with van der Waals surface area (Å²) < 4.78 is 0. The highest BCUT2D eigenvalue weighted by Crippen LogP contribution is 2.57. The molecule has 3 rings (SSSR count). The van der Waals surface area contributed by atoms with E-state index in [4.69, 9.17) is 28.9 Å². The van der Waals surface area contributed by atoms with Crippen molar-refractivity contribution in [3.63, 3.8) is 0 Å². The van der Waals surface area contributed by atoms with E-state index in [-0.39, 0.29) is 17.6 Å². The van der Waals surface area contributed by atoms with Gasteiger partial charge in [-0.3, -0.25) is 9.59 Å². The quantitative estimate of drug-likeness (QED) is 0.886. The van der Waals surface area contributed by atoms with Gasteiger partial charge in [-0.1, -0.05) is 42.6 Å². The van der Waals surface area contributed by atoms with Crippen LogP contribution in [0, 0.1) is 5.41 Å². The topological polar surface area (TPSA) is 60.2 Å². The van der Waals surface area contributed by atoms with Crippen LogP contribution in [0.4, 0.5) is 0 Å². The molecule has 0 heterocycles. The third-order valence-corrected chi connectivity index (χ3v) is 5.89. The van der Waals surface area contributed by atoms with E-state index in [2.05, 4.69) is 6.92 Å². The highest BCUT2D eigenvalue weighted by molar-refractivity contribution is 6.44. The molecule has 2 aliphatic rings. The van der Waals surface area contributed by atoms with E-state index in [1.807, 2.05) is 6.07 Å². The Bertz CT molecular complexity index is 739. The molecule has 0 radical (unpaired) electrons. The molecule has 1 amide bonds. The maximum absolute atomic E-state index is 12.0. The van der Waals surface area contributed by atoms with Crippen molar-refractivity contribution in [1.29, 1.82) is 0 Å². The molecule has 2 aliphatic carbocycles. The molecule has 23 heavy (non-hydrogen) atoms. The van der Waals surface area contributed by atoms with E-state index in [0.717, 1.165) is 42.4 Å². The van der Waals surface area contributed by atoms with E-state index in [0.29, 0.717) is 22.0 Å². The van der Waals surface area contributed by atoms with Crippen molar-refractivity contribution in [2.45, 2.75) is 45.4 Å². The Hall–Kier alpha value is -1.32. The average Bonchev–Trinajstić information content (AvgIpc) is 2.78. The molecular formula is C18H19Cl2NO2. The molecule has 5 heteroatoms. The number of carbonyl (C=O) groups excluding carboxylic acids is 2. The SMILES string of the molecule is CCCC12CCC(=O)C=C1c1c(cc(CC(N)=O)c(Cl)c1Cl)C2. The van der Waals surface area contributed by atoms with Crippen LogP contribution in [-0.4, -0.2) is 11.7 Å². The highest BCUT2D eigenvalue weighted by atomic mass is 35.5. The lowest BCUT2D eigenvalue weighted by Crippen LogP contribution is -2.25. The minimum Gasteiger partial charge on any atom is -0.369 e. The first-order chi connectivity index (χ1) is 10.9. The zero-order chi connectivity index (χ0) is 16.8. The Balaban J connectivity index is 2.17. The summed E-state index contributed by atoms with van der Waals surface area (Å²) in [5, 5.41) is 0.815. The summed E-state index contributed by atoms with van der Waals surface area (Å²) in [6, 6.07) is 1.94. The van der Waals surface area contributed by atoms with Crippen molar-refractivity contribution >= 4 is 40.5 Å². The predicted octanol–water partition coefficient (Wildman–Crippen LogP) is 4.11. The summed E-state index contributed by atoms with van der Waals surface area (Å²) in [4.78, 5) is 23.2. The number of ketones is 1. The van der Waals surface area contributed by atoms with Crippen molar-refractivity contribution in [2.24, 2.45) is 11.1 Å². The lowest BCUT2D eigenvalue weighted by atomic mass is 9.70. The number of nitrogens with two attached hydrogens (primary N) is 1. The fraction of sp³-hybridized carbons (Fsp3) is 0.444. The number of benzene rings is 1. The third kappa shape index (κ3) is 2.70. The van der Waals surface area contributed by atoms with Gasteiger partial charge in [0, 0.05) is 17.4 Å². The minimum absolute atomic E-state index is 0.0245. The zero-order valence-electron chi connectivity index (χ0n) is 13.0. The van der Waals surface area contributed by atoms with Gasteiger partial charge in [0.05, 0.1) is 16.5 Å². The van der Waals surface area contributed by atoms with Crippen molar-refractivity contribution < 1.29 is 9.59 Å². The number of hydrogen-bond acceptors (Lipinski definition) is 2. The molecule has 0 saturated heterocycles. The molecule has 1 unspecified atom stereocenters. The van der Waals surface area contributed by atoms with Crippen LogP contribution < -0.4 is 5.73 Å². The monoisotopic (exact) mass is 351 g/mol. The van der Waals surface area contributed by atoms with Gasteiger partial charge in [0.2, 0.25) is 5.91 Å². The Kier molecular flexibility index (Phi) is 4.28. The Morgan fingerprint density at radius 3 is 2.74 bits per heavy atom. The van der Waals surface area contributed by atoms with Gasteiger partial charge in [-0.25, -0.2) is 0 Å². The summed E-state index contributed by atoms with van der Waals surface area (Å²) >= 11 is 12.9. The molecule has 0 fully saturated rings. The van der Waals surface area contributed by atoms with E-state index < -0.39 is 5.91 Å². The lowest BCUT2D eigenvalue weighted by Gasteiger charge is -2.33. The molecule has 0 saturated carbocycles. The largest absolute Gasteiger partial charge is 0.369 e. The van der Waals surface area contributed by atoms with E-state index in [9.17, 15) is 9.59 Å². The Morgan fingerprint density at radius 1 is 1.35 bits per heavy atom.